The van der Waals surface area contributed by atoms with Gasteiger partial charge in [0.1, 0.15) is 17.4 Å². The monoisotopic (exact) mass is 475 g/mol. The Labute approximate surface area is 192 Å². The smallest absolute Gasteiger partial charge is 0.425 e. The van der Waals surface area contributed by atoms with Gasteiger partial charge < -0.3 is 9.64 Å². The summed E-state index contributed by atoms with van der Waals surface area (Å²) in [5.41, 5.74) is 2.00. The van der Waals surface area contributed by atoms with Crippen molar-refractivity contribution in [3.8, 4) is 17.6 Å². The summed E-state index contributed by atoms with van der Waals surface area (Å²) in [6, 6.07) is 7.92. The van der Waals surface area contributed by atoms with Gasteiger partial charge in [-0.25, -0.2) is 9.67 Å². The van der Waals surface area contributed by atoms with Crippen molar-refractivity contribution in [3.05, 3.63) is 69.6 Å². The summed E-state index contributed by atoms with van der Waals surface area (Å²) in [6.45, 7) is 3.02. The van der Waals surface area contributed by atoms with E-state index in [0.717, 1.165) is 24.1 Å². The van der Waals surface area contributed by atoms with Crippen molar-refractivity contribution in [2.75, 3.05) is 0 Å². The van der Waals surface area contributed by atoms with Crippen LogP contribution >= 0.6 is 11.6 Å². The number of carbonyl (C=O) groups excluding carboxylic acids is 1. The van der Waals surface area contributed by atoms with Crippen LogP contribution in [0.15, 0.2) is 36.7 Å². The fourth-order valence-electron chi connectivity index (χ4n) is 3.48. The molecule has 1 aromatic carbocycles. The number of fused-ring (bicyclic) bond motifs is 1. The van der Waals surface area contributed by atoms with Crippen molar-refractivity contribution in [2.24, 2.45) is 0 Å². The van der Waals surface area contributed by atoms with Crippen molar-refractivity contribution >= 4 is 17.5 Å². The maximum atomic E-state index is 13.3. The first-order valence-electron chi connectivity index (χ1n) is 9.84. The molecule has 2 aromatic heterocycles. The van der Waals surface area contributed by atoms with E-state index in [1.54, 1.807) is 17.1 Å². The van der Waals surface area contributed by atoms with E-state index in [4.69, 9.17) is 16.3 Å². The van der Waals surface area contributed by atoms with E-state index >= 15 is 0 Å². The Kier molecular flexibility index (Phi) is 5.76. The predicted octanol–water partition coefficient (Wildman–Crippen LogP) is 4.59. The highest BCUT2D eigenvalue weighted by Gasteiger charge is 2.39. The third-order valence-corrected chi connectivity index (χ3v) is 5.66. The number of nitriles is 1. The molecule has 4 rings (SSSR count). The Morgan fingerprint density at radius 1 is 1.30 bits per heavy atom. The third kappa shape index (κ3) is 4.24. The van der Waals surface area contributed by atoms with Gasteiger partial charge in [0.25, 0.3) is 5.91 Å². The van der Waals surface area contributed by atoms with Gasteiger partial charge in [-0.2, -0.15) is 23.5 Å². The molecule has 7 nitrogen and oxygen atoms in total. The van der Waals surface area contributed by atoms with Crippen LogP contribution in [0, 0.1) is 18.3 Å². The molecule has 1 atom stereocenters. The lowest BCUT2D eigenvalue weighted by atomic mass is 10.1. The zero-order chi connectivity index (χ0) is 23.9. The first-order valence-corrected chi connectivity index (χ1v) is 10.2. The van der Waals surface area contributed by atoms with E-state index < -0.39 is 18.2 Å². The minimum Gasteiger partial charge on any atom is -0.480 e. The number of carbonyl (C=O) groups is 1. The number of aromatic nitrogens is 3. The molecule has 1 aliphatic heterocycles. The molecule has 0 N–H and O–H groups in total. The minimum absolute atomic E-state index is 0.0419. The second-order valence-electron chi connectivity index (χ2n) is 7.56. The molecule has 3 heterocycles. The molecule has 0 saturated carbocycles. The molecule has 0 saturated heterocycles. The lowest BCUT2D eigenvalue weighted by molar-refractivity contribution is -0.189. The molecule has 1 amide bonds. The quantitative estimate of drug-likeness (QED) is 0.551. The largest absolute Gasteiger partial charge is 0.480 e. The fourth-order valence-corrected chi connectivity index (χ4v) is 3.76. The molecule has 0 radical (unpaired) electrons. The summed E-state index contributed by atoms with van der Waals surface area (Å²) in [6.07, 6.45) is -3.40. The Bertz CT molecular complexity index is 1260. The number of benzene rings is 1. The SMILES string of the molecule is Cc1cccnc1-n1cc2c(n1)CN(C(=O)c1c(O[C@H](C)C(F)(F)F)ccc(C#N)c1Cl)C2. The van der Waals surface area contributed by atoms with Crippen molar-refractivity contribution in [1.29, 1.82) is 5.26 Å². The van der Waals surface area contributed by atoms with E-state index in [2.05, 4.69) is 10.1 Å². The Morgan fingerprint density at radius 3 is 2.70 bits per heavy atom. The van der Waals surface area contributed by atoms with E-state index in [0.29, 0.717) is 11.5 Å². The van der Waals surface area contributed by atoms with Crippen LogP contribution in [-0.4, -0.2) is 37.9 Å². The molecule has 170 valence electrons. The summed E-state index contributed by atoms with van der Waals surface area (Å²) in [4.78, 5) is 19.0. The molecule has 11 heteroatoms. The van der Waals surface area contributed by atoms with Crippen molar-refractivity contribution in [1.82, 2.24) is 19.7 Å². The van der Waals surface area contributed by atoms with Crippen LogP contribution in [0.4, 0.5) is 13.2 Å². The van der Waals surface area contributed by atoms with Gasteiger partial charge in [0.2, 0.25) is 0 Å². The van der Waals surface area contributed by atoms with Gasteiger partial charge in [-0.05, 0) is 37.6 Å². The van der Waals surface area contributed by atoms with Crippen molar-refractivity contribution in [3.63, 3.8) is 0 Å². The lowest BCUT2D eigenvalue weighted by Gasteiger charge is -2.23. The van der Waals surface area contributed by atoms with E-state index in [1.165, 1.54) is 11.0 Å². The fraction of sp³-hybridized carbons (Fsp3) is 0.273. The second kappa shape index (κ2) is 8.41. The van der Waals surface area contributed by atoms with Gasteiger partial charge in [-0.1, -0.05) is 17.7 Å². The molecule has 0 bridgehead atoms. The van der Waals surface area contributed by atoms with Gasteiger partial charge in [-0.15, -0.1) is 0 Å². The maximum absolute atomic E-state index is 13.3. The van der Waals surface area contributed by atoms with Gasteiger partial charge in [0.05, 0.1) is 22.8 Å². The van der Waals surface area contributed by atoms with Crippen LogP contribution in [0.5, 0.6) is 5.75 Å². The van der Waals surface area contributed by atoms with Crippen LogP contribution in [-0.2, 0) is 13.1 Å². The third-order valence-electron chi connectivity index (χ3n) is 5.27. The van der Waals surface area contributed by atoms with E-state index in [9.17, 15) is 23.2 Å². The van der Waals surface area contributed by atoms with Gasteiger partial charge in [0.15, 0.2) is 11.9 Å². The first-order chi connectivity index (χ1) is 15.6. The van der Waals surface area contributed by atoms with Crippen molar-refractivity contribution < 1.29 is 22.7 Å². The molecule has 0 spiro atoms. The Morgan fingerprint density at radius 2 is 2.06 bits per heavy atom. The summed E-state index contributed by atoms with van der Waals surface area (Å²) in [5.74, 6) is -0.334. The normalized spacial score (nSPS) is 14.0. The predicted molar refractivity (Wildman–Crippen MR) is 112 cm³/mol. The number of pyridine rings is 1. The molecule has 3 aromatic rings. The van der Waals surface area contributed by atoms with E-state index in [1.807, 2.05) is 25.1 Å². The molecule has 1 aliphatic rings. The number of nitrogens with zero attached hydrogens (tertiary/aromatic N) is 5. The van der Waals surface area contributed by atoms with Gasteiger partial charge >= 0.3 is 6.18 Å². The van der Waals surface area contributed by atoms with Crippen LogP contribution in [0.2, 0.25) is 5.02 Å². The number of hydrogen-bond donors (Lipinski definition) is 0. The van der Waals surface area contributed by atoms with Gasteiger partial charge in [-0.3, -0.25) is 4.79 Å². The van der Waals surface area contributed by atoms with Crippen LogP contribution < -0.4 is 4.74 Å². The maximum Gasteiger partial charge on any atom is 0.425 e. The standard InChI is InChI=1S/C22H17ClF3N5O2/c1-12-4-3-7-28-20(12)31-10-15-9-30(11-16(15)29-31)21(32)18-17(33-13(2)22(24,25)26)6-5-14(8-27)19(18)23/h3-7,10,13H,9,11H2,1-2H3/t13-/m1/s1. The van der Waals surface area contributed by atoms with Crippen LogP contribution in [0.1, 0.15) is 39.7 Å². The molecule has 0 fully saturated rings. The number of aryl methyl sites for hydroxylation is 1. The average molecular weight is 476 g/mol. The van der Waals surface area contributed by atoms with E-state index in [-0.39, 0.29) is 35.0 Å². The van der Waals surface area contributed by atoms with Crippen molar-refractivity contribution in [2.45, 2.75) is 39.2 Å². The highest BCUT2D eigenvalue weighted by molar-refractivity contribution is 6.35. The number of halogens is 4. The summed E-state index contributed by atoms with van der Waals surface area (Å²) >= 11 is 6.23. The number of hydrogen-bond acceptors (Lipinski definition) is 5. The number of ether oxygens (including phenoxy) is 1. The number of amides is 1. The number of rotatable bonds is 4. The summed E-state index contributed by atoms with van der Waals surface area (Å²) < 4.78 is 45.8. The molecule has 33 heavy (non-hydrogen) atoms. The average Bonchev–Trinajstić information content (AvgIpc) is 3.32. The Hall–Kier alpha value is -3.58. The lowest BCUT2D eigenvalue weighted by Crippen LogP contribution is -2.33. The number of alkyl halides is 3. The topological polar surface area (TPSA) is 84.0 Å². The highest BCUT2D eigenvalue weighted by Crippen LogP contribution is 2.36. The zero-order valence-corrected chi connectivity index (χ0v) is 18.3. The molecular formula is C22H17ClF3N5O2. The van der Waals surface area contributed by atoms with Crippen LogP contribution in [0.25, 0.3) is 5.82 Å². The second-order valence-corrected chi connectivity index (χ2v) is 7.94. The minimum atomic E-state index is -4.64. The summed E-state index contributed by atoms with van der Waals surface area (Å²) in [7, 11) is 0. The summed E-state index contributed by atoms with van der Waals surface area (Å²) in [5, 5.41) is 13.5. The Balaban J connectivity index is 1.63. The zero-order valence-electron chi connectivity index (χ0n) is 17.5. The molecule has 0 unspecified atom stereocenters. The van der Waals surface area contributed by atoms with Crippen LogP contribution in [0.3, 0.4) is 0 Å². The first kappa shape index (κ1) is 22.6. The van der Waals surface area contributed by atoms with Gasteiger partial charge in [0, 0.05) is 24.5 Å². The molecular weight excluding hydrogens is 459 g/mol. The molecule has 0 aliphatic carbocycles. The highest BCUT2D eigenvalue weighted by atomic mass is 35.5.